The van der Waals surface area contributed by atoms with E-state index in [9.17, 15) is 9.18 Å². The molecule has 1 aromatic rings. The minimum atomic E-state index is -1.14. The van der Waals surface area contributed by atoms with Crippen molar-refractivity contribution in [2.75, 3.05) is 0 Å². The average Bonchev–Trinajstić information content (AvgIpc) is 2.53. The highest BCUT2D eigenvalue weighted by Crippen LogP contribution is 2.24. The lowest BCUT2D eigenvalue weighted by atomic mass is 9.95. The third kappa shape index (κ3) is 7.96. The summed E-state index contributed by atoms with van der Waals surface area (Å²) in [7, 11) is 0. The van der Waals surface area contributed by atoms with Gasteiger partial charge in [-0.3, -0.25) is 4.79 Å². The molecule has 0 aromatic heterocycles. The predicted octanol–water partition coefficient (Wildman–Crippen LogP) is 5.62. The van der Waals surface area contributed by atoms with Gasteiger partial charge in [-0.1, -0.05) is 55.8 Å². The van der Waals surface area contributed by atoms with E-state index < -0.39 is 5.67 Å². The van der Waals surface area contributed by atoms with Gasteiger partial charge in [0.1, 0.15) is 12.3 Å². The topological polar surface area (TPSA) is 26.3 Å². The Labute approximate surface area is 139 Å². The van der Waals surface area contributed by atoms with Crippen molar-refractivity contribution in [3.63, 3.8) is 0 Å². The number of hydrogen-bond donors (Lipinski definition) is 0. The Morgan fingerprint density at radius 2 is 2.00 bits per heavy atom. The van der Waals surface area contributed by atoms with Crippen molar-refractivity contribution in [3.05, 3.63) is 47.5 Å². The summed E-state index contributed by atoms with van der Waals surface area (Å²) in [4.78, 5) is 12.0. The molecule has 0 aliphatic heterocycles. The quantitative estimate of drug-likeness (QED) is 0.436. The largest absolute Gasteiger partial charge is 0.461 e. The lowest BCUT2D eigenvalue weighted by molar-refractivity contribution is -0.149. The third-order valence-corrected chi connectivity index (χ3v) is 4.10. The smallest absolute Gasteiger partial charge is 0.308 e. The maximum atomic E-state index is 13.9. The van der Waals surface area contributed by atoms with E-state index in [0.717, 1.165) is 24.0 Å². The second kappa shape index (κ2) is 9.49. The minimum Gasteiger partial charge on any atom is -0.461 e. The predicted molar refractivity (Wildman–Crippen MR) is 92.8 cm³/mol. The summed E-state index contributed by atoms with van der Waals surface area (Å²) < 4.78 is 19.3. The summed E-state index contributed by atoms with van der Waals surface area (Å²) in [5, 5.41) is 0. The Balaban J connectivity index is 2.32. The molecule has 0 N–H and O–H groups in total. The second-order valence-corrected chi connectivity index (χ2v) is 6.57. The van der Waals surface area contributed by atoms with E-state index in [4.69, 9.17) is 4.74 Å². The Morgan fingerprint density at radius 1 is 1.35 bits per heavy atom. The van der Waals surface area contributed by atoms with Crippen LogP contribution < -0.4 is 0 Å². The van der Waals surface area contributed by atoms with Crippen molar-refractivity contribution in [1.82, 2.24) is 0 Å². The maximum absolute atomic E-state index is 13.9. The van der Waals surface area contributed by atoms with E-state index in [2.05, 4.69) is 0 Å². The minimum absolute atomic E-state index is 0.148. The molecule has 0 fully saturated rings. The number of rotatable bonds is 9. The molecule has 3 heteroatoms. The first-order valence-corrected chi connectivity index (χ1v) is 8.39. The van der Waals surface area contributed by atoms with Crippen LogP contribution in [0.15, 0.2) is 42.0 Å². The zero-order valence-corrected chi connectivity index (χ0v) is 14.8. The molecule has 128 valence electrons. The fourth-order valence-corrected chi connectivity index (χ4v) is 2.35. The van der Waals surface area contributed by atoms with Crippen molar-refractivity contribution in [2.24, 2.45) is 5.92 Å². The first-order valence-electron chi connectivity index (χ1n) is 8.39. The van der Waals surface area contributed by atoms with Gasteiger partial charge in [0, 0.05) is 6.42 Å². The molecule has 1 aromatic carbocycles. The first kappa shape index (κ1) is 19.4. The van der Waals surface area contributed by atoms with Crippen LogP contribution >= 0.6 is 0 Å². The van der Waals surface area contributed by atoms with Gasteiger partial charge in [0.05, 0.1) is 5.92 Å². The van der Waals surface area contributed by atoms with Crippen molar-refractivity contribution < 1.29 is 13.9 Å². The number of carbonyl (C=O) groups excluding carboxylic acids is 1. The van der Waals surface area contributed by atoms with Crippen LogP contribution in [0.5, 0.6) is 0 Å². The van der Waals surface area contributed by atoms with Crippen molar-refractivity contribution in [1.29, 1.82) is 0 Å². The molecule has 0 amide bonds. The van der Waals surface area contributed by atoms with Gasteiger partial charge in [-0.15, -0.1) is 0 Å². The molecule has 0 aliphatic carbocycles. The van der Waals surface area contributed by atoms with Crippen LogP contribution in [0.25, 0.3) is 0 Å². The van der Waals surface area contributed by atoms with Gasteiger partial charge < -0.3 is 4.74 Å². The highest BCUT2D eigenvalue weighted by atomic mass is 19.1. The summed E-state index contributed by atoms with van der Waals surface area (Å²) >= 11 is 0. The van der Waals surface area contributed by atoms with Gasteiger partial charge >= 0.3 is 5.97 Å². The summed E-state index contributed by atoms with van der Waals surface area (Å²) in [5.74, 6) is -0.325. The Hall–Kier alpha value is -1.64. The van der Waals surface area contributed by atoms with Gasteiger partial charge in [-0.05, 0) is 38.7 Å². The van der Waals surface area contributed by atoms with Crippen molar-refractivity contribution in [3.8, 4) is 0 Å². The lowest BCUT2D eigenvalue weighted by Gasteiger charge is -2.18. The highest BCUT2D eigenvalue weighted by molar-refractivity contribution is 5.71. The zero-order valence-electron chi connectivity index (χ0n) is 14.8. The summed E-state index contributed by atoms with van der Waals surface area (Å²) in [5.41, 5.74) is 0.896. The van der Waals surface area contributed by atoms with E-state index in [1.165, 1.54) is 0 Å². The molecule has 0 saturated carbocycles. The molecule has 0 aliphatic rings. The number of benzene rings is 1. The Morgan fingerprint density at radius 3 is 2.61 bits per heavy atom. The van der Waals surface area contributed by atoms with E-state index in [1.807, 2.05) is 57.2 Å². The molecule has 0 heterocycles. The van der Waals surface area contributed by atoms with E-state index >= 15 is 0 Å². The molecule has 23 heavy (non-hydrogen) atoms. The third-order valence-electron chi connectivity index (χ3n) is 4.10. The van der Waals surface area contributed by atoms with Gasteiger partial charge in [-0.25, -0.2) is 4.39 Å². The molecular formula is C20H29FO2. The van der Waals surface area contributed by atoms with Crippen molar-refractivity contribution in [2.45, 2.75) is 65.7 Å². The second-order valence-electron chi connectivity index (χ2n) is 6.57. The monoisotopic (exact) mass is 320 g/mol. The average molecular weight is 320 g/mol. The molecule has 2 unspecified atom stereocenters. The highest BCUT2D eigenvalue weighted by Gasteiger charge is 2.20. The van der Waals surface area contributed by atoms with Crippen LogP contribution in [-0.2, 0) is 16.1 Å². The first-order chi connectivity index (χ1) is 10.8. The van der Waals surface area contributed by atoms with E-state index in [1.54, 1.807) is 6.92 Å². The molecule has 1 rings (SSSR count). The number of allylic oxidation sites excluding steroid dienone is 2. The van der Waals surface area contributed by atoms with Crippen LogP contribution in [0.1, 0.15) is 58.9 Å². The summed E-state index contributed by atoms with van der Waals surface area (Å²) in [6, 6.07) is 9.66. The summed E-state index contributed by atoms with van der Waals surface area (Å²) in [6.45, 7) is 7.63. The fourth-order valence-electron chi connectivity index (χ4n) is 2.35. The number of alkyl halides is 1. The molecule has 2 atom stereocenters. The Bertz CT molecular complexity index is 506. The van der Waals surface area contributed by atoms with Crippen LogP contribution in [-0.4, -0.2) is 11.6 Å². The number of ether oxygens (including phenoxy) is 1. The fraction of sp³-hybridized carbons (Fsp3) is 0.550. The Kier molecular flexibility index (Phi) is 8.01. The molecule has 0 bridgehead atoms. The standard InChI is InChI=1S/C20H29FO2/c1-5-20(4,21)14-16(2)10-9-11-17(3)19(22)23-15-18-12-7-6-8-13-18/h6-8,10,12-13,17H,5,9,11,14-15H2,1-4H3/b16-10-. The number of halogens is 1. The number of esters is 1. The van der Waals surface area contributed by atoms with Gasteiger partial charge in [-0.2, -0.15) is 0 Å². The van der Waals surface area contributed by atoms with Gasteiger partial charge in [0.25, 0.3) is 0 Å². The lowest BCUT2D eigenvalue weighted by Crippen LogP contribution is -2.16. The van der Waals surface area contributed by atoms with Crippen LogP contribution in [0.3, 0.4) is 0 Å². The normalized spacial score (nSPS) is 15.8. The number of carbonyl (C=O) groups is 1. The number of hydrogen-bond acceptors (Lipinski definition) is 2. The van der Waals surface area contributed by atoms with Crippen LogP contribution in [0.2, 0.25) is 0 Å². The van der Waals surface area contributed by atoms with E-state index in [-0.39, 0.29) is 11.9 Å². The molecular weight excluding hydrogens is 291 g/mol. The SMILES string of the molecule is CCC(C)(F)C/C(C)=C\CCC(C)C(=O)OCc1ccccc1. The van der Waals surface area contributed by atoms with Gasteiger partial charge in [0.15, 0.2) is 0 Å². The molecule has 0 spiro atoms. The van der Waals surface area contributed by atoms with Gasteiger partial charge in [0.2, 0.25) is 0 Å². The summed E-state index contributed by atoms with van der Waals surface area (Å²) in [6.07, 6.45) is 4.50. The van der Waals surface area contributed by atoms with Crippen LogP contribution in [0.4, 0.5) is 4.39 Å². The molecule has 0 radical (unpaired) electrons. The molecule has 2 nitrogen and oxygen atoms in total. The zero-order chi connectivity index (χ0) is 17.3. The van der Waals surface area contributed by atoms with Crippen molar-refractivity contribution >= 4 is 5.97 Å². The van der Waals surface area contributed by atoms with Crippen LogP contribution in [0, 0.1) is 5.92 Å². The van der Waals surface area contributed by atoms with E-state index in [0.29, 0.717) is 19.4 Å². The molecule has 0 saturated heterocycles. The maximum Gasteiger partial charge on any atom is 0.308 e.